The van der Waals surface area contributed by atoms with Crippen molar-refractivity contribution in [3.63, 3.8) is 0 Å². The molecule has 0 bridgehead atoms. The molecule has 28 heavy (non-hydrogen) atoms. The van der Waals surface area contributed by atoms with Crippen LogP contribution in [0.2, 0.25) is 0 Å². The van der Waals surface area contributed by atoms with Gasteiger partial charge in [-0.15, -0.1) is 0 Å². The molecule has 0 radical (unpaired) electrons. The van der Waals surface area contributed by atoms with Gasteiger partial charge in [0.05, 0.1) is 4.92 Å². The lowest BCUT2D eigenvalue weighted by atomic mass is 9.85. The molecule has 0 N–H and O–H groups in total. The van der Waals surface area contributed by atoms with Crippen LogP contribution >= 0.6 is 0 Å². The van der Waals surface area contributed by atoms with E-state index in [1.54, 1.807) is 12.1 Å². The second-order valence-corrected chi connectivity index (χ2v) is 7.32. The molecule has 4 nitrogen and oxygen atoms in total. The fourth-order valence-corrected chi connectivity index (χ4v) is 4.26. The summed E-state index contributed by atoms with van der Waals surface area (Å²) in [6.07, 6.45) is 2.85. The maximum absolute atomic E-state index is 10.8. The average Bonchev–Trinajstić information content (AvgIpc) is 2.73. The monoisotopic (exact) mass is 369 g/mol. The molecule has 4 heteroatoms. The standard InChI is InChI=1S/C24H19NO3/c26-25(27)18-8-11-19(12-9-18)28-20-10-5-17-7-13-22-21-4-2-1-3-16(21)6-14-23(22)24(17)15-20/h1-4,6-9,11-14,20H,5,10,15H2. The molecule has 1 atom stereocenters. The first-order chi connectivity index (χ1) is 13.7. The van der Waals surface area contributed by atoms with E-state index >= 15 is 0 Å². The molecule has 138 valence electrons. The number of hydrogen-bond acceptors (Lipinski definition) is 3. The van der Waals surface area contributed by atoms with Gasteiger partial charge in [-0.05, 0) is 57.6 Å². The quantitative estimate of drug-likeness (QED) is 0.259. The van der Waals surface area contributed by atoms with Crippen molar-refractivity contribution in [3.05, 3.63) is 94.0 Å². The van der Waals surface area contributed by atoms with Crippen LogP contribution in [0.3, 0.4) is 0 Å². The van der Waals surface area contributed by atoms with Gasteiger partial charge >= 0.3 is 0 Å². The third-order valence-electron chi connectivity index (χ3n) is 5.65. The van der Waals surface area contributed by atoms with Crippen LogP contribution < -0.4 is 4.74 Å². The van der Waals surface area contributed by atoms with Gasteiger partial charge in [-0.2, -0.15) is 0 Å². The first-order valence-corrected chi connectivity index (χ1v) is 9.52. The number of non-ortho nitro benzene ring substituents is 1. The molecule has 0 aliphatic heterocycles. The largest absolute Gasteiger partial charge is 0.490 e. The summed E-state index contributed by atoms with van der Waals surface area (Å²) in [6, 6.07) is 23.8. The molecule has 5 rings (SSSR count). The molecular weight excluding hydrogens is 350 g/mol. The van der Waals surface area contributed by atoms with Crippen molar-refractivity contribution < 1.29 is 9.66 Å². The van der Waals surface area contributed by atoms with Gasteiger partial charge in [0.1, 0.15) is 11.9 Å². The van der Waals surface area contributed by atoms with Crippen molar-refractivity contribution in [2.75, 3.05) is 0 Å². The van der Waals surface area contributed by atoms with Gasteiger partial charge < -0.3 is 4.74 Å². The molecule has 0 spiro atoms. The summed E-state index contributed by atoms with van der Waals surface area (Å²) in [7, 11) is 0. The number of hydrogen-bond donors (Lipinski definition) is 0. The fourth-order valence-electron chi connectivity index (χ4n) is 4.26. The second-order valence-electron chi connectivity index (χ2n) is 7.32. The highest BCUT2D eigenvalue weighted by molar-refractivity contribution is 6.08. The minimum absolute atomic E-state index is 0.0750. The Balaban J connectivity index is 1.48. The van der Waals surface area contributed by atoms with Crippen LogP contribution in [0.15, 0.2) is 72.8 Å². The molecule has 0 heterocycles. The highest BCUT2D eigenvalue weighted by Crippen LogP contribution is 2.34. The van der Waals surface area contributed by atoms with E-state index in [1.165, 1.54) is 44.8 Å². The molecule has 0 saturated heterocycles. The molecular formula is C24H19NO3. The zero-order valence-electron chi connectivity index (χ0n) is 15.3. The summed E-state index contributed by atoms with van der Waals surface area (Å²) in [5, 5.41) is 15.9. The number of nitrogens with zero attached hydrogens (tertiary/aromatic N) is 1. The first-order valence-electron chi connectivity index (χ1n) is 9.52. The Morgan fingerprint density at radius 2 is 1.64 bits per heavy atom. The van der Waals surface area contributed by atoms with Crippen LogP contribution in [0.1, 0.15) is 17.5 Å². The van der Waals surface area contributed by atoms with Crippen molar-refractivity contribution in [1.29, 1.82) is 0 Å². The summed E-state index contributed by atoms with van der Waals surface area (Å²) in [5.74, 6) is 0.685. The van der Waals surface area contributed by atoms with Gasteiger partial charge in [0, 0.05) is 18.6 Å². The Hall–Kier alpha value is -3.40. The van der Waals surface area contributed by atoms with Gasteiger partial charge in [-0.1, -0.05) is 48.5 Å². The molecule has 0 fully saturated rings. The average molecular weight is 369 g/mol. The second kappa shape index (κ2) is 6.64. The third kappa shape index (κ3) is 2.87. The minimum atomic E-state index is -0.392. The summed E-state index contributed by atoms with van der Waals surface area (Å²) in [4.78, 5) is 10.4. The molecule has 0 saturated carbocycles. The van der Waals surface area contributed by atoms with E-state index in [0.29, 0.717) is 5.75 Å². The maximum Gasteiger partial charge on any atom is 0.269 e. The number of fused-ring (bicyclic) bond motifs is 5. The molecule has 0 aromatic heterocycles. The van der Waals surface area contributed by atoms with Crippen LogP contribution in [-0.4, -0.2) is 11.0 Å². The zero-order valence-corrected chi connectivity index (χ0v) is 15.3. The van der Waals surface area contributed by atoms with Gasteiger partial charge in [0.25, 0.3) is 5.69 Å². The highest BCUT2D eigenvalue weighted by Gasteiger charge is 2.22. The van der Waals surface area contributed by atoms with Crippen LogP contribution in [0.5, 0.6) is 5.75 Å². The molecule has 4 aromatic carbocycles. The van der Waals surface area contributed by atoms with Gasteiger partial charge in [-0.3, -0.25) is 10.1 Å². The Labute approximate surface area is 162 Å². The normalized spacial score (nSPS) is 16.1. The van der Waals surface area contributed by atoms with E-state index in [-0.39, 0.29) is 11.8 Å². The van der Waals surface area contributed by atoms with Crippen LogP contribution in [0.25, 0.3) is 21.5 Å². The highest BCUT2D eigenvalue weighted by atomic mass is 16.6. The predicted molar refractivity (Wildman–Crippen MR) is 111 cm³/mol. The lowest BCUT2D eigenvalue weighted by molar-refractivity contribution is -0.384. The number of nitro benzene ring substituents is 1. The summed E-state index contributed by atoms with van der Waals surface area (Å²) < 4.78 is 6.16. The van der Waals surface area contributed by atoms with Gasteiger partial charge in [-0.25, -0.2) is 0 Å². The smallest absolute Gasteiger partial charge is 0.269 e. The van der Waals surface area contributed by atoms with Crippen LogP contribution in [0.4, 0.5) is 5.69 Å². The van der Waals surface area contributed by atoms with Crippen molar-refractivity contribution >= 4 is 27.2 Å². The Bertz CT molecular complexity index is 1200. The van der Waals surface area contributed by atoms with Crippen molar-refractivity contribution in [1.82, 2.24) is 0 Å². The van der Waals surface area contributed by atoms with E-state index in [1.807, 2.05) is 0 Å². The number of aryl methyl sites for hydroxylation is 1. The molecule has 0 amide bonds. The predicted octanol–water partition coefficient (Wildman–Crippen LogP) is 5.84. The Morgan fingerprint density at radius 1 is 0.857 bits per heavy atom. The molecule has 4 aromatic rings. The van der Waals surface area contributed by atoms with E-state index in [9.17, 15) is 10.1 Å². The fraction of sp³-hybridized carbons (Fsp3) is 0.167. The van der Waals surface area contributed by atoms with Gasteiger partial charge in [0.15, 0.2) is 0 Å². The topological polar surface area (TPSA) is 52.4 Å². The maximum atomic E-state index is 10.8. The summed E-state index contributed by atoms with van der Waals surface area (Å²) >= 11 is 0. The first kappa shape index (κ1) is 16.8. The molecule has 1 aliphatic rings. The van der Waals surface area contributed by atoms with Crippen LogP contribution in [-0.2, 0) is 12.8 Å². The SMILES string of the molecule is O=[N+]([O-])c1ccc(OC2CCc3ccc4c(ccc5ccccc54)c3C2)cc1. The third-order valence-corrected chi connectivity index (χ3v) is 5.65. The lowest BCUT2D eigenvalue weighted by Gasteiger charge is -2.27. The van der Waals surface area contributed by atoms with Gasteiger partial charge in [0.2, 0.25) is 0 Å². The summed E-state index contributed by atoms with van der Waals surface area (Å²) in [6.45, 7) is 0. The van der Waals surface area contributed by atoms with E-state index in [0.717, 1.165) is 19.3 Å². The number of rotatable bonds is 3. The Morgan fingerprint density at radius 3 is 2.46 bits per heavy atom. The van der Waals surface area contributed by atoms with E-state index < -0.39 is 4.92 Å². The van der Waals surface area contributed by atoms with Crippen molar-refractivity contribution in [3.8, 4) is 5.75 Å². The molecule has 1 aliphatic carbocycles. The van der Waals surface area contributed by atoms with Crippen molar-refractivity contribution in [2.24, 2.45) is 0 Å². The Kier molecular flexibility index (Phi) is 3.97. The zero-order chi connectivity index (χ0) is 19.1. The van der Waals surface area contributed by atoms with Crippen LogP contribution in [0, 0.1) is 10.1 Å². The number of nitro groups is 1. The minimum Gasteiger partial charge on any atom is -0.490 e. The summed E-state index contributed by atoms with van der Waals surface area (Å²) in [5.41, 5.74) is 2.84. The van der Waals surface area contributed by atoms with E-state index in [4.69, 9.17) is 4.74 Å². The molecule has 1 unspecified atom stereocenters. The van der Waals surface area contributed by atoms with Crippen molar-refractivity contribution in [2.45, 2.75) is 25.4 Å². The lowest BCUT2D eigenvalue weighted by Crippen LogP contribution is -2.25. The number of ether oxygens (including phenoxy) is 1. The number of benzene rings is 4. The van der Waals surface area contributed by atoms with E-state index in [2.05, 4.69) is 48.5 Å².